The normalized spacial score (nSPS) is 23.2. The lowest BCUT2D eigenvalue weighted by molar-refractivity contribution is -0.123. The molecule has 1 aromatic carbocycles. The van der Waals surface area contributed by atoms with Crippen LogP contribution in [-0.2, 0) is 9.53 Å². The SMILES string of the molecule is COC1CC(NC(=O)C(C(N)=S)c2ccccc2)C1. The van der Waals surface area contributed by atoms with Crippen LogP contribution in [0.2, 0.25) is 0 Å². The molecule has 102 valence electrons. The number of hydrogen-bond donors (Lipinski definition) is 2. The Morgan fingerprint density at radius 2 is 2.05 bits per heavy atom. The Balaban J connectivity index is 2.00. The molecule has 1 unspecified atom stereocenters. The van der Waals surface area contributed by atoms with Gasteiger partial charge in [-0.3, -0.25) is 4.79 Å². The van der Waals surface area contributed by atoms with Gasteiger partial charge in [-0.05, 0) is 18.4 Å². The maximum absolute atomic E-state index is 12.3. The second-order valence-electron chi connectivity index (χ2n) is 4.78. The number of carbonyl (C=O) groups excluding carboxylic acids is 1. The molecule has 0 aromatic heterocycles. The molecular formula is C14H18N2O2S. The average molecular weight is 278 g/mol. The largest absolute Gasteiger partial charge is 0.392 e. The van der Waals surface area contributed by atoms with E-state index >= 15 is 0 Å². The van der Waals surface area contributed by atoms with Crippen molar-refractivity contribution in [3.8, 4) is 0 Å². The molecule has 1 saturated carbocycles. The van der Waals surface area contributed by atoms with Gasteiger partial charge in [-0.2, -0.15) is 0 Å². The topological polar surface area (TPSA) is 64.3 Å². The fourth-order valence-electron chi connectivity index (χ4n) is 2.25. The monoisotopic (exact) mass is 278 g/mol. The summed E-state index contributed by atoms with van der Waals surface area (Å²) in [7, 11) is 1.69. The summed E-state index contributed by atoms with van der Waals surface area (Å²) in [6.07, 6.45) is 1.95. The van der Waals surface area contributed by atoms with Gasteiger partial charge >= 0.3 is 0 Å². The molecule has 1 aliphatic carbocycles. The first kappa shape index (κ1) is 14.0. The molecule has 19 heavy (non-hydrogen) atoms. The zero-order valence-electron chi connectivity index (χ0n) is 10.8. The van der Waals surface area contributed by atoms with Crippen LogP contribution in [0, 0.1) is 0 Å². The van der Waals surface area contributed by atoms with Crippen LogP contribution in [0.15, 0.2) is 30.3 Å². The highest BCUT2D eigenvalue weighted by Gasteiger charge is 2.33. The van der Waals surface area contributed by atoms with Crippen LogP contribution < -0.4 is 11.1 Å². The fourth-order valence-corrected chi connectivity index (χ4v) is 2.49. The zero-order chi connectivity index (χ0) is 13.8. The minimum atomic E-state index is -0.558. The molecule has 0 saturated heterocycles. The zero-order valence-corrected chi connectivity index (χ0v) is 11.7. The number of hydrogen-bond acceptors (Lipinski definition) is 3. The molecule has 2 rings (SSSR count). The predicted molar refractivity (Wildman–Crippen MR) is 77.9 cm³/mol. The molecule has 0 spiro atoms. The van der Waals surface area contributed by atoms with Crippen LogP contribution in [0.1, 0.15) is 24.3 Å². The van der Waals surface area contributed by atoms with Crippen LogP contribution in [0.25, 0.3) is 0 Å². The van der Waals surface area contributed by atoms with Gasteiger partial charge in [-0.1, -0.05) is 42.5 Å². The van der Waals surface area contributed by atoms with E-state index in [2.05, 4.69) is 5.32 Å². The van der Waals surface area contributed by atoms with Gasteiger partial charge in [0.2, 0.25) is 5.91 Å². The van der Waals surface area contributed by atoms with Gasteiger partial charge in [0, 0.05) is 13.2 Å². The number of nitrogens with one attached hydrogen (secondary N) is 1. The fraction of sp³-hybridized carbons (Fsp3) is 0.429. The number of carbonyl (C=O) groups is 1. The van der Waals surface area contributed by atoms with E-state index in [1.165, 1.54) is 0 Å². The van der Waals surface area contributed by atoms with Crippen LogP contribution >= 0.6 is 12.2 Å². The number of ether oxygens (including phenoxy) is 1. The summed E-state index contributed by atoms with van der Waals surface area (Å²) in [5.41, 5.74) is 6.53. The first-order chi connectivity index (χ1) is 9.11. The highest BCUT2D eigenvalue weighted by atomic mass is 32.1. The Labute approximate surface area is 118 Å². The number of amides is 1. The number of thiocarbonyl (C=S) groups is 1. The highest BCUT2D eigenvalue weighted by Crippen LogP contribution is 2.24. The van der Waals surface area contributed by atoms with Crippen molar-refractivity contribution in [3.05, 3.63) is 35.9 Å². The van der Waals surface area contributed by atoms with Gasteiger partial charge in [0.15, 0.2) is 0 Å². The van der Waals surface area contributed by atoms with Crippen molar-refractivity contribution in [2.24, 2.45) is 5.73 Å². The Morgan fingerprint density at radius 1 is 1.42 bits per heavy atom. The molecule has 0 aliphatic heterocycles. The number of benzene rings is 1. The second-order valence-corrected chi connectivity index (χ2v) is 5.25. The van der Waals surface area contributed by atoms with Gasteiger partial charge in [-0.15, -0.1) is 0 Å². The smallest absolute Gasteiger partial charge is 0.234 e. The first-order valence-electron chi connectivity index (χ1n) is 6.29. The van der Waals surface area contributed by atoms with Crippen LogP contribution in [0.3, 0.4) is 0 Å². The van der Waals surface area contributed by atoms with Crippen molar-refractivity contribution < 1.29 is 9.53 Å². The van der Waals surface area contributed by atoms with E-state index < -0.39 is 5.92 Å². The molecule has 1 amide bonds. The van der Waals surface area contributed by atoms with Crippen LogP contribution in [0.4, 0.5) is 0 Å². The Bertz CT molecular complexity index is 458. The Kier molecular flexibility index (Phi) is 4.50. The molecular weight excluding hydrogens is 260 g/mol. The van der Waals surface area contributed by atoms with Gasteiger partial charge in [0.1, 0.15) is 5.92 Å². The summed E-state index contributed by atoms with van der Waals surface area (Å²) < 4.78 is 5.19. The highest BCUT2D eigenvalue weighted by molar-refractivity contribution is 7.80. The molecule has 1 aliphatic rings. The molecule has 0 radical (unpaired) electrons. The summed E-state index contributed by atoms with van der Waals surface area (Å²) in [4.78, 5) is 12.5. The molecule has 1 atom stereocenters. The third kappa shape index (κ3) is 3.30. The van der Waals surface area contributed by atoms with E-state index in [0.717, 1.165) is 18.4 Å². The Hall–Kier alpha value is -1.46. The van der Waals surface area contributed by atoms with Crippen molar-refractivity contribution in [1.29, 1.82) is 0 Å². The molecule has 3 N–H and O–H groups in total. The van der Waals surface area contributed by atoms with Crippen LogP contribution in [-0.4, -0.2) is 30.2 Å². The van der Waals surface area contributed by atoms with Gasteiger partial charge in [0.05, 0.1) is 11.1 Å². The van der Waals surface area contributed by atoms with Crippen molar-refractivity contribution in [1.82, 2.24) is 5.32 Å². The maximum Gasteiger partial charge on any atom is 0.234 e. The molecule has 0 bridgehead atoms. The molecule has 1 fully saturated rings. The number of methoxy groups -OCH3 is 1. The summed E-state index contributed by atoms with van der Waals surface area (Å²) in [6, 6.07) is 9.53. The molecule has 1 aromatic rings. The third-order valence-electron chi connectivity index (χ3n) is 3.45. The average Bonchev–Trinajstić information content (AvgIpc) is 2.34. The minimum Gasteiger partial charge on any atom is -0.392 e. The third-order valence-corrected chi connectivity index (χ3v) is 3.69. The van der Waals surface area contributed by atoms with E-state index in [1.807, 2.05) is 30.3 Å². The summed E-state index contributed by atoms with van der Waals surface area (Å²) in [5, 5.41) is 2.97. The van der Waals surface area contributed by atoms with Gasteiger partial charge in [-0.25, -0.2) is 0 Å². The lowest BCUT2D eigenvalue weighted by atomic mass is 9.88. The summed E-state index contributed by atoms with van der Waals surface area (Å²) in [5.74, 6) is -0.684. The second kappa shape index (κ2) is 6.12. The predicted octanol–water partition coefficient (Wildman–Crippen LogP) is 1.35. The molecule has 4 nitrogen and oxygen atoms in total. The van der Waals surface area contributed by atoms with E-state index in [4.69, 9.17) is 22.7 Å². The van der Waals surface area contributed by atoms with Crippen molar-refractivity contribution in [2.75, 3.05) is 7.11 Å². The van der Waals surface area contributed by atoms with Gasteiger partial charge < -0.3 is 15.8 Å². The minimum absolute atomic E-state index is 0.127. The van der Waals surface area contributed by atoms with E-state index in [1.54, 1.807) is 7.11 Å². The standard InChI is InChI=1S/C14H18N2O2S/c1-18-11-7-10(8-11)16-14(17)12(13(15)19)9-5-3-2-4-6-9/h2-6,10-12H,7-8H2,1H3,(H2,15,19)(H,16,17). The van der Waals surface area contributed by atoms with Crippen LogP contribution in [0.5, 0.6) is 0 Å². The lowest BCUT2D eigenvalue weighted by Gasteiger charge is -2.35. The number of nitrogens with two attached hydrogens (primary N) is 1. The quantitative estimate of drug-likeness (QED) is 0.798. The molecule has 0 heterocycles. The number of rotatable bonds is 5. The molecule has 5 heteroatoms. The van der Waals surface area contributed by atoms with E-state index in [9.17, 15) is 4.79 Å². The van der Waals surface area contributed by atoms with E-state index in [0.29, 0.717) is 0 Å². The Morgan fingerprint density at radius 3 is 2.58 bits per heavy atom. The van der Waals surface area contributed by atoms with E-state index in [-0.39, 0.29) is 23.0 Å². The summed E-state index contributed by atoms with van der Waals surface area (Å²) in [6.45, 7) is 0. The van der Waals surface area contributed by atoms with Crippen molar-refractivity contribution in [3.63, 3.8) is 0 Å². The first-order valence-corrected chi connectivity index (χ1v) is 6.70. The van der Waals surface area contributed by atoms with Crippen molar-refractivity contribution >= 4 is 23.1 Å². The van der Waals surface area contributed by atoms with Gasteiger partial charge in [0.25, 0.3) is 0 Å². The lowest BCUT2D eigenvalue weighted by Crippen LogP contribution is -2.50. The maximum atomic E-state index is 12.3. The van der Waals surface area contributed by atoms with Crippen molar-refractivity contribution in [2.45, 2.75) is 30.9 Å². The summed E-state index contributed by atoms with van der Waals surface area (Å²) >= 11 is 5.02.